The predicted octanol–water partition coefficient (Wildman–Crippen LogP) is 1.87. The van der Waals surface area contributed by atoms with Crippen LogP contribution in [0.25, 0.3) is 0 Å². The van der Waals surface area contributed by atoms with E-state index in [9.17, 15) is 9.59 Å². The second-order valence-electron chi connectivity index (χ2n) is 4.64. The maximum Gasteiger partial charge on any atom is 0.232 e. The molecule has 6 heteroatoms. The third kappa shape index (κ3) is 4.42. The highest BCUT2D eigenvalue weighted by Gasteiger charge is 2.19. The van der Waals surface area contributed by atoms with Crippen LogP contribution >= 0.6 is 23.4 Å². The third-order valence-corrected chi connectivity index (χ3v) is 4.42. The molecule has 1 saturated heterocycles. The summed E-state index contributed by atoms with van der Waals surface area (Å²) >= 11 is 7.51. The van der Waals surface area contributed by atoms with Crippen molar-refractivity contribution in [2.45, 2.75) is 5.75 Å². The normalized spacial score (nSPS) is 15.2. The van der Waals surface area contributed by atoms with Crippen molar-refractivity contribution in [1.82, 2.24) is 9.80 Å². The van der Waals surface area contributed by atoms with Gasteiger partial charge >= 0.3 is 0 Å². The standard InChI is InChI=1S/C14H17ClN2O2S/c15-13-3-1-2-12(8-13)9-20-10-14(19)17-6-4-16(11-18)5-7-17/h1-3,8,11H,4-7,9-10H2. The number of thioether (sulfide) groups is 1. The van der Waals surface area contributed by atoms with E-state index in [0.29, 0.717) is 31.9 Å². The van der Waals surface area contributed by atoms with Gasteiger partial charge in [-0.25, -0.2) is 0 Å². The molecule has 4 nitrogen and oxygen atoms in total. The minimum absolute atomic E-state index is 0.141. The van der Waals surface area contributed by atoms with Crippen molar-refractivity contribution in [1.29, 1.82) is 0 Å². The molecule has 1 aliphatic heterocycles. The van der Waals surface area contributed by atoms with Gasteiger partial charge in [-0.1, -0.05) is 23.7 Å². The number of rotatable bonds is 5. The lowest BCUT2D eigenvalue weighted by atomic mass is 10.2. The fourth-order valence-electron chi connectivity index (χ4n) is 2.05. The number of carbonyl (C=O) groups is 2. The summed E-state index contributed by atoms with van der Waals surface area (Å²) in [4.78, 5) is 26.1. The van der Waals surface area contributed by atoms with Crippen LogP contribution in [0.3, 0.4) is 0 Å². The van der Waals surface area contributed by atoms with Crippen LogP contribution in [0.1, 0.15) is 5.56 Å². The molecule has 1 heterocycles. The Balaban J connectivity index is 1.71. The van der Waals surface area contributed by atoms with Crippen LogP contribution in [-0.4, -0.2) is 54.0 Å². The summed E-state index contributed by atoms with van der Waals surface area (Å²) in [6.45, 7) is 2.53. The van der Waals surface area contributed by atoms with Crippen molar-refractivity contribution in [3.63, 3.8) is 0 Å². The third-order valence-electron chi connectivity index (χ3n) is 3.20. The van der Waals surface area contributed by atoms with Gasteiger partial charge in [-0.3, -0.25) is 9.59 Å². The zero-order chi connectivity index (χ0) is 14.4. The number of nitrogens with zero attached hydrogens (tertiary/aromatic N) is 2. The van der Waals surface area contributed by atoms with Gasteiger partial charge in [0.05, 0.1) is 5.75 Å². The van der Waals surface area contributed by atoms with Gasteiger partial charge in [0.15, 0.2) is 0 Å². The molecule has 1 aromatic carbocycles. The monoisotopic (exact) mass is 312 g/mol. The van der Waals surface area contributed by atoms with E-state index in [1.165, 1.54) is 0 Å². The highest BCUT2D eigenvalue weighted by molar-refractivity contribution is 7.99. The lowest BCUT2D eigenvalue weighted by Crippen LogP contribution is -2.48. The largest absolute Gasteiger partial charge is 0.342 e. The van der Waals surface area contributed by atoms with Gasteiger partial charge in [-0.05, 0) is 17.7 Å². The van der Waals surface area contributed by atoms with Gasteiger partial charge in [-0.2, -0.15) is 0 Å². The van der Waals surface area contributed by atoms with E-state index in [4.69, 9.17) is 11.6 Å². The first-order chi connectivity index (χ1) is 9.69. The topological polar surface area (TPSA) is 40.6 Å². The number of carbonyl (C=O) groups excluding carboxylic acids is 2. The van der Waals surface area contributed by atoms with E-state index < -0.39 is 0 Å². The van der Waals surface area contributed by atoms with Crippen LogP contribution in [0.4, 0.5) is 0 Å². The highest BCUT2D eigenvalue weighted by atomic mass is 35.5. The van der Waals surface area contributed by atoms with Gasteiger partial charge in [0.25, 0.3) is 0 Å². The van der Waals surface area contributed by atoms with Crippen LogP contribution < -0.4 is 0 Å². The summed E-state index contributed by atoms with van der Waals surface area (Å²) in [6, 6.07) is 7.68. The summed E-state index contributed by atoms with van der Waals surface area (Å²) in [5.41, 5.74) is 1.13. The van der Waals surface area contributed by atoms with Crippen LogP contribution in [-0.2, 0) is 15.3 Å². The SMILES string of the molecule is O=CN1CCN(C(=O)CSCc2cccc(Cl)c2)CC1. The number of benzene rings is 1. The number of halogens is 1. The smallest absolute Gasteiger partial charge is 0.232 e. The zero-order valence-corrected chi connectivity index (χ0v) is 12.7. The Morgan fingerprint density at radius 1 is 1.30 bits per heavy atom. The summed E-state index contributed by atoms with van der Waals surface area (Å²) in [7, 11) is 0. The van der Waals surface area contributed by atoms with E-state index in [-0.39, 0.29) is 5.91 Å². The first kappa shape index (κ1) is 15.2. The minimum atomic E-state index is 0.141. The van der Waals surface area contributed by atoms with Crippen molar-refractivity contribution in [2.24, 2.45) is 0 Å². The average Bonchev–Trinajstić information content (AvgIpc) is 2.47. The van der Waals surface area contributed by atoms with E-state index in [1.807, 2.05) is 29.2 Å². The first-order valence-electron chi connectivity index (χ1n) is 6.48. The molecule has 0 bridgehead atoms. The average molecular weight is 313 g/mol. The molecule has 0 unspecified atom stereocenters. The van der Waals surface area contributed by atoms with E-state index in [2.05, 4.69) is 0 Å². The lowest BCUT2D eigenvalue weighted by Gasteiger charge is -2.32. The maximum absolute atomic E-state index is 12.0. The van der Waals surface area contributed by atoms with E-state index >= 15 is 0 Å². The lowest BCUT2D eigenvalue weighted by molar-refractivity contribution is -0.132. The molecule has 0 aliphatic carbocycles. The van der Waals surface area contributed by atoms with Crippen molar-refractivity contribution in [3.8, 4) is 0 Å². The molecule has 0 radical (unpaired) electrons. The van der Waals surface area contributed by atoms with Crippen molar-refractivity contribution >= 4 is 35.7 Å². The quantitative estimate of drug-likeness (QED) is 0.779. The molecule has 108 valence electrons. The molecular weight excluding hydrogens is 296 g/mol. The first-order valence-corrected chi connectivity index (χ1v) is 8.01. The zero-order valence-electron chi connectivity index (χ0n) is 11.1. The van der Waals surface area contributed by atoms with Crippen LogP contribution in [0.2, 0.25) is 5.02 Å². The fourth-order valence-corrected chi connectivity index (χ4v) is 3.14. The fraction of sp³-hybridized carbons (Fsp3) is 0.429. The van der Waals surface area contributed by atoms with Gasteiger partial charge in [-0.15, -0.1) is 11.8 Å². The molecule has 0 aromatic heterocycles. The highest BCUT2D eigenvalue weighted by Crippen LogP contribution is 2.17. The molecule has 1 aromatic rings. The van der Waals surface area contributed by atoms with Crippen LogP contribution in [0.15, 0.2) is 24.3 Å². The molecule has 1 aliphatic rings. The Kier molecular flexibility index (Phi) is 5.73. The Morgan fingerprint density at radius 3 is 2.70 bits per heavy atom. The Morgan fingerprint density at radius 2 is 2.05 bits per heavy atom. The molecule has 0 N–H and O–H groups in total. The molecule has 20 heavy (non-hydrogen) atoms. The second-order valence-corrected chi connectivity index (χ2v) is 6.07. The van der Waals surface area contributed by atoms with Gasteiger partial charge in [0.2, 0.25) is 12.3 Å². The molecule has 0 atom stereocenters. The van der Waals surface area contributed by atoms with E-state index in [1.54, 1.807) is 16.7 Å². The number of hydrogen-bond donors (Lipinski definition) is 0. The molecule has 0 saturated carbocycles. The molecule has 2 amide bonds. The summed E-state index contributed by atoms with van der Waals surface area (Å²) in [6.07, 6.45) is 0.843. The molecule has 0 spiro atoms. The Hall–Kier alpha value is -1.20. The Labute approximate surface area is 128 Å². The number of piperazine rings is 1. The molecular formula is C14H17ClN2O2S. The Bertz CT molecular complexity index is 476. The summed E-state index contributed by atoms with van der Waals surface area (Å²) in [5, 5.41) is 0.722. The van der Waals surface area contributed by atoms with Gasteiger partial charge < -0.3 is 9.80 Å². The molecule has 2 rings (SSSR count). The van der Waals surface area contributed by atoms with Gasteiger partial charge in [0, 0.05) is 37.0 Å². The van der Waals surface area contributed by atoms with Crippen LogP contribution in [0.5, 0.6) is 0 Å². The van der Waals surface area contributed by atoms with E-state index in [0.717, 1.165) is 22.7 Å². The summed E-state index contributed by atoms with van der Waals surface area (Å²) in [5.74, 6) is 1.39. The second kappa shape index (κ2) is 7.55. The molecule has 1 fully saturated rings. The van der Waals surface area contributed by atoms with Gasteiger partial charge in [0.1, 0.15) is 0 Å². The number of hydrogen-bond acceptors (Lipinski definition) is 3. The van der Waals surface area contributed by atoms with Crippen LogP contribution in [0, 0.1) is 0 Å². The van der Waals surface area contributed by atoms with Crippen molar-refractivity contribution in [2.75, 3.05) is 31.9 Å². The minimum Gasteiger partial charge on any atom is -0.342 e. The maximum atomic E-state index is 12.0. The number of amides is 2. The van der Waals surface area contributed by atoms with Crippen molar-refractivity contribution in [3.05, 3.63) is 34.9 Å². The summed E-state index contributed by atoms with van der Waals surface area (Å²) < 4.78 is 0. The predicted molar refractivity (Wildman–Crippen MR) is 81.8 cm³/mol. The van der Waals surface area contributed by atoms with Crippen molar-refractivity contribution < 1.29 is 9.59 Å².